The number of urea groups is 1. The average molecular weight is 440 g/mol. The average Bonchev–Trinajstić information content (AvgIpc) is 3.14. The van der Waals surface area contributed by atoms with E-state index < -0.39 is 17.6 Å². The summed E-state index contributed by atoms with van der Waals surface area (Å²) in [6.07, 6.45) is 0. The molecule has 2 heterocycles. The number of fused-ring (bicyclic) bond motifs is 1. The van der Waals surface area contributed by atoms with Crippen molar-refractivity contribution in [2.45, 2.75) is 18.3 Å². The highest BCUT2D eigenvalue weighted by molar-refractivity contribution is 6.30. The zero-order chi connectivity index (χ0) is 21.2. The number of carbonyl (C=O) groups excluding carboxylic acids is 2. The Kier molecular flexibility index (Phi) is 2.52. The maximum absolute atomic E-state index is 15.0. The number of nitrogens with two attached hydrogens (primary N) is 2. The number of hydrogen-bond donors (Lipinski definition) is 2. The van der Waals surface area contributed by atoms with Crippen LogP contribution in [0.15, 0.2) is 24.3 Å². The van der Waals surface area contributed by atoms with Crippen molar-refractivity contribution in [3.63, 3.8) is 0 Å². The summed E-state index contributed by atoms with van der Waals surface area (Å²) in [7, 11) is 0. The van der Waals surface area contributed by atoms with E-state index in [0.717, 1.165) is 0 Å². The van der Waals surface area contributed by atoms with Crippen LogP contribution < -0.4 is 11.5 Å². The molecule has 1 aromatic heterocycles. The molecule has 6 saturated carbocycles. The van der Waals surface area contributed by atoms with Gasteiger partial charge in [0.2, 0.25) is 0 Å². The van der Waals surface area contributed by atoms with E-state index in [2.05, 4.69) is 0 Å². The van der Waals surface area contributed by atoms with E-state index in [0.29, 0.717) is 40.6 Å². The van der Waals surface area contributed by atoms with Crippen molar-refractivity contribution in [1.29, 1.82) is 0 Å². The Morgan fingerprint density at radius 3 is 2.35 bits per heavy atom. The maximum Gasteiger partial charge on any atom is 0.315 e. The highest BCUT2D eigenvalue weighted by atomic mass is 35.5. The topological polar surface area (TPSA) is 107 Å². The fourth-order valence-corrected chi connectivity index (χ4v) is 9.44. The molecule has 9 rings (SSSR count). The van der Waals surface area contributed by atoms with Crippen LogP contribution in [0.25, 0.3) is 11.3 Å². The van der Waals surface area contributed by atoms with Gasteiger partial charge in [0.25, 0.3) is 5.91 Å². The molecule has 1 atom stereocenters. The van der Waals surface area contributed by atoms with Gasteiger partial charge in [-0.25, -0.2) is 9.18 Å². The number of amides is 3. The van der Waals surface area contributed by atoms with Gasteiger partial charge in [0.05, 0.1) is 23.8 Å². The van der Waals surface area contributed by atoms with Crippen LogP contribution in [0.2, 0.25) is 5.02 Å². The molecule has 0 spiro atoms. The Morgan fingerprint density at radius 1 is 1.10 bits per heavy atom. The normalized spacial score (nSPS) is 45.9. The standard InChI is InChI=1S/C22H19ClFN5O2/c23-8-3-1-2-7(6-8)16-9(19(25)30)17-18(28(20(26)31)4-5-29(17)27-16)21-10-13-11(21)15-12(21)14(10)22(13,15)24/h1-3,6,10-15,18H,4-5H2,(H2,25,30)(H2,26,31). The number of rotatable bonds is 3. The molecule has 9 heteroatoms. The number of benzene rings is 1. The molecular formula is C22H19ClFN5O2. The third-order valence-electron chi connectivity index (χ3n) is 9.80. The second-order valence-electron chi connectivity index (χ2n) is 10.1. The van der Waals surface area contributed by atoms with Crippen LogP contribution in [0.3, 0.4) is 0 Å². The summed E-state index contributed by atoms with van der Waals surface area (Å²) in [4.78, 5) is 26.9. The fraction of sp³-hybridized carbons (Fsp3) is 0.500. The minimum Gasteiger partial charge on any atom is -0.365 e. The summed E-state index contributed by atoms with van der Waals surface area (Å²) in [5, 5.41) is 5.27. The number of primary amides is 2. The summed E-state index contributed by atoms with van der Waals surface area (Å²) in [5.74, 6) is 0.634. The molecule has 1 aliphatic heterocycles. The summed E-state index contributed by atoms with van der Waals surface area (Å²) >= 11 is 6.18. The lowest BCUT2D eigenvalue weighted by Crippen LogP contribution is -3.12. The van der Waals surface area contributed by atoms with Gasteiger partial charge >= 0.3 is 6.03 Å². The first-order valence-corrected chi connectivity index (χ1v) is 11.1. The Labute approximate surface area is 181 Å². The van der Waals surface area contributed by atoms with Gasteiger partial charge < -0.3 is 16.4 Å². The van der Waals surface area contributed by atoms with Crippen LogP contribution in [-0.4, -0.2) is 38.8 Å². The van der Waals surface area contributed by atoms with Crippen molar-refractivity contribution in [3.05, 3.63) is 40.5 Å². The number of nitrogens with zero attached hydrogens (tertiary/aromatic N) is 3. The van der Waals surface area contributed by atoms with Crippen molar-refractivity contribution >= 4 is 23.5 Å². The van der Waals surface area contributed by atoms with E-state index in [1.807, 2.05) is 10.7 Å². The molecule has 1 unspecified atom stereocenters. The first-order valence-electron chi connectivity index (χ1n) is 10.8. The minimum atomic E-state index is -0.938. The van der Waals surface area contributed by atoms with E-state index >= 15 is 0 Å². The highest BCUT2D eigenvalue weighted by Crippen LogP contribution is 3.09. The van der Waals surface area contributed by atoms with Crippen LogP contribution in [0.1, 0.15) is 22.1 Å². The monoisotopic (exact) mass is 439 g/mol. The molecule has 0 radical (unpaired) electrons. The Hall–Kier alpha value is -2.61. The van der Waals surface area contributed by atoms with Gasteiger partial charge in [-0.1, -0.05) is 23.7 Å². The molecule has 2 aromatic rings. The fourth-order valence-electron chi connectivity index (χ4n) is 9.25. The molecule has 1 aromatic carbocycles. The smallest absolute Gasteiger partial charge is 0.315 e. The van der Waals surface area contributed by atoms with E-state index in [9.17, 15) is 14.0 Å². The lowest BCUT2D eigenvalue weighted by molar-refractivity contribution is -0.656. The zero-order valence-electron chi connectivity index (χ0n) is 16.3. The van der Waals surface area contributed by atoms with Gasteiger partial charge in [-0.05, 0) is 29.9 Å². The van der Waals surface area contributed by atoms with Crippen LogP contribution in [0.5, 0.6) is 0 Å². The summed E-state index contributed by atoms with van der Waals surface area (Å²) < 4.78 is 16.8. The van der Waals surface area contributed by atoms with Gasteiger partial charge in [-0.15, -0.1) is 0 Å². The number of halogens is 2. The second-order valence-corrected chi connectivity index (χ2v) is 10.6. The molecule has 0 bridgehead atoms. The third kappa shape index (κ3) is 1.35. The predicted octanol–water partition coefficient (Wildman–Crippen LogP) is 2.20. The molecule has 31 heavy (non-hydrogen) atoms. The van der Waals surface area contributed by atoms with Crippen molar-refractivity contribution in [2.24, 2.45) is 52.4 Å². The van der Waals surface area contributed by atoms with Crippen LogP contribution >= 0.6 is 11.6 Å². The van der Waals surface area contributed by atoms with Gasteiger partial charge in [0.15, 0.2) is 0 Å². The first-order chi connectivity index (χ1) is 14.8. The maximum atomic E-state index is 15.0. The molecule has 0 saturated heterocycles. The molecule has 158 valence electrons. The summed E-state index contributed by atoms with van der Waals surface area (Å²) in [6.45, 7) is 0.839. The summed E-state index contributed by atoms with van der Waals surface area (Å²) in [5.41, 5.74) is 12.7. The van der Waals surface area contributed by atoms with E-state index in [1.165, 1.54) is 0 Å². The van der Waals surface area contributed by atoms with Crippen molar-refractivity contribution in [2.75, 3.05) is 6.54 Å². The van der Waals surface area contributed by atoms with Crippen LogP contribution in [-0.2, 0) is 6.54 Å². The van der Waals surface area contributed by atoms with Crippen molar-refractivity contribution in [3.8, 4) is 11.3 Å². The van der Waals surface area contributed by atoms with Gasteiger partial charge in [-0.3, -0.25) is 9.48 Å². The van der Waals surface area contributed by atoms with E-state index in [1.54, 1.807) is 23.1 Å². The number of alkyl halides is 1. The quantitative estimate of drug-likeness (QED) is 0.765. The van der Waals surface area contributed by atoms with Crippen molar-refractivity contribution < 1.29 is 14.0 Å². The Morgan fingerprint density at radius 2 is 1.77 bits per heavy atom. The van der Waals surface area contributed by atoms with E-state index in [-0.39, 0.29) is 47.0 Å². The van der Waals surface area contributed by atoms with Crippen molar-refractivity contribution in [1.82, 2.24) is 14.7 Å². The molecule has 6 aliphatic carbocycles. The zero-order valence-corrected chi connectivity index (χ0v) is 17.1. The number of carbonyl (C=O) groups is 2. The lowest BCUT2D eigenvalue weighted by Gasteiger charge is -3.09. The predicted molar refractivity (Wildman–Crippen MR) is 107 cm³/mol. The molecular weight excluding hydrogens is 421 g/mol. The molecule has 4 N–H and O–H groups in total. The summed E-state index contributed by atoms with van der Waals surface area (Å²) in [6, 6.07) is 6.25. The Bertz CT molecular complexity index is 1220. The highest BCUT2D eigenvalue weighted by Gasteiger charge is 3.12. The van der Waals surface area contributed by atoms with Gasteiger partial charge in [-0.2, -0.15) is 5.10 Å². The van der Waals surface area contributed by atoms with Crippen LogP contribution in [0, 0.1) is 40.9 Å². The molecule has 6 fully saturated rings. The Balaban J connectivity index is 1.34. The minimum absolute atomic E-state index is 0.130. The third-order valence-corrected chi connectivity index (χ3v) is 10.0. The first kappa shape index (κ1) is 17.0. The number of aromatic nitrogens is 2. The lowest BCUT2D eigenvalue weighted by atomic mass is 8.94. The van der Waals surface area contributed by atoms with Gasteiger partial charge in [0.1, 0.15) is 11.4 Å². The largest absolute Gasteiger partial charge is 0.365 e. The second kappa shape index (κ2) is 4.60. The van der Waals surface area contributed by atoms with Crippen LogP contribution in [0.4, 0.5) is 9.18 Å². The SMILES string of the molecule is NC(=O)c1c(-c2cccc(Cl)c2)nn2c1C(C13C4C5C1C1C3C4C51F)N(C(N)=O)CC2. The molecule has 3 amide bonds. The van der Waals surface area contributed by atoms with Gasteiger partial charge in [0, 0.05) is 40.3 Å². The van der Waals surface area contributed by atoms with E-state index in [4.69, 9.17) is 28.2 Å². The molecule has 7 nitrogen and oxygen atoms in total. The molecule has 7 aliphatic rings. The number of hydrogen-bond acceptors (Lipinski definition) is 3.